The maximum absolute atomic E-state index is 5.66. The van der Waals surface area contributed by atoms with Gasteiger partial charge >= 0.3 is 0 Å². The van der Waals surface area contributed by atoms with Gasteiger partial charge in [0.2, 0.25) is 0 Å². The van der Waals surface area contributed by atoms with Gasteiger partial charge in [-0.25, -0.2) is 0 Å². The molecule has 1 aliphatic rings. The van der Waals surface area contributed by atoms with Crippen LogP contribution in [0.1, 0.15) is 30.4 Å². The summed E-state index contributed by atoms with van der Waals surface area (Å²) in [6.45, 7) is 1.46. The molecule has 1 saturated carbocycles. The normalized spacial score (nSPS) is 18.5. The number of methoxy groups -OCH3 is 1. The maximum atomic E-state index is 5.66. The van der Waals surface area contributed by atoms with Gasteiger partial charge in [0.25, 0.3) is 0 Å². The van der Waals surface area contributed by atoms with Gasteiger partial charge in [-0.05, 0) is 24.0 Å². The van der Waals surface area contributed by atoms with Gasteiger partial charge in [-0.1, -0.05) is 30.7 Å². The van der Waals surface area contributed by atoms with Crippen molar-refractivity contribution in [2.75, 3.05) is 13.7 Å². The summed E-state index contributed by atoms with van der Waals surface area (Å²) in [5.74, 6) is 0. The van der Waals surface area contributed by atoms with Crippen LogP contribution in [0.15, 0.2) is 24.3 Å². The highest BCUT2D eigenvalue weighted by Gasteiger charge is 2.38. The van der Waals surface area contributed by atoms with E-state index in [2.05, 4.69) is 24.3 Å². The summed E-state index contributed by atoms with van der Waals surface area (Å²) in [5.41, 5.74) is 8.56. The van der Waals surface area contributed by atoms with Crippen LogP contribution in [-0.2, 0) is 16.7 Å². The molecule has 1 aliphatic carbocycles. The molecule has 0 heterocycles. The average molecular weight is 205 g/mol. The third-order valence-corrected chi connectivity index (χ3v) is 3.51. The van der Waals surface area contributed by atoms with E-state index in [1.807, 2.05) is 0 Å². The lowest BCUT2D eigenvalue weighted by Crippen LogP contribution is -2.38. The van der Waals surface area contributed by atoms with Crippen LogP contribution in [0.25, 0.3) is 0 Å². The summed E-state index contributed by atoms with van der Waals surface area (Å²) in [5, 5.41) is 0. The summed E-state index contributed by atoms with van der Waals surface area (Å²) in [6.07, 6.45) is 3.81. The molecule has 0 saturated heterocycles. The molecular formula is C13H19NO. The molecule has 1 fully saturated rings. The molecule has 0 atom stereocenters. The van der Waals surface area contributed by atoms with Crippen LogP contribution in [-0.4, -0.2) is 13.7 Å². The number of rotatable bonds is 4. The van der Waals surface area contributed by atoms with E-state index in [0.29, 0.717) is 6.54 Å². The zero-order valence-electron chi connectivity index (χ0n) is 9.33. The van der Waals surface area contributed by atoms with Crippen molar-refractivity contribution in [3.05, 3.63) is 35.4 Å². The number of hydrogen-bond donors (Lipinski definition) is 1. The summed E-state index contributed by atoms with van der Waals surface area (Å²) < 4.78 is 5.35. The first-order valence-electron chi connectivity index (χ1n) is 5.59. The Kier molecular flexibility index (Phi) is 3.08. The lowest BCUT2D eigenvalue weighted by molar-refractivity contribution is 0.0792. The van der Waals surface area contributed by atoms with Gasteiger partial charge in [0.15, 0.2) is 0 Å². The summed E-state index contributed by atoms with van der Waals surface area (Å²) in [6, 6.07) is 8.63. The van der Waals surface area contributed by atoms with Crippen LogP contribution >= 0.6 is 0 Å². The molecule has 82 valence electrons. The van der Waals surface area contributed by atoms with Crippen molar-refractivity contribution in [1.82, 2.24) is 0 Å². The van der Waals surface area contributed by atoms with Crippen molar-refractivity contribution < 1.29 is 4.74 Å². The van der Waals surface area contributed by atoms with Gasteiger partial charge in [-0.3, -0.25) is 0 Å². The predicted molar refractivity (Wildman–Crippen MR) is 61.7 cm³/mol. The molecule has 0 aromatic heterocycles. The van der Waals surface area contributed by atoms with E-state index in [1.165, 1.54) is 30.4 Å². The highest BCUT2D eigenvalue weighted by molar-refractivity contribution is 5.32. The molecule has 0 aliphatic heterocycles. The van der Waals surface area contributed by atoms with E-state index in [-0.39, 0.29) is 5.41 Å². The second kappa shape index (κ2) is 4.33. The van der Waals surface area contributed by atoms with E-state index in [1.54, 1.807) is 7.11 Å². The molecular weight excluding hydrogens is 186 g/mol. The molecule has 0 spiro atoms. The molecule has 0 unspecified atom stereocenters. The minimum atomic E-state index is 0.278. The second-order valence-electron chi connectivity index (χ2n) is 4.47. The minimum absolute atomic E-state index is 0.278. The molecule has 0 radical (unpaired) electrons. The topological polar surface area (TPSA) is 35.2 Å². The SMILES string of the molecule is COCC1(c2cccc(CN)c2)CCC1. The summed E-state index contributed by atoms with van der Waals surface area (Å²) >= 11 is 0. The molecule has 0 bridgehead atoms. The first-order valence-corrected chi connectivity index (χ1v) is 5.59. The molecule has 0 amide bonds. The zero-order valence-corrected chi connectivity index (χ0v) is 9.33. The van der Waals surface area contributed by atoms with Crippen LogP contribution in [0, 0.1) is 0 Å². The molecule has 1 aromatic rings. The Morgan fingerprint density at radius 3 is 2.73 bits per heavy atom. The Balaban J connectivity index is 2.26. The Hall–Kier alpha value is -0.860. The first-order chi connectivity index (χ1) is 7.30. The van der Waals surface area contributed by atoms with E-state index < -0.39 is 0 Å². The van der Waals surface area contributed by atoms with Crippen molar-refractivity contribution in [3.8, 4) is 0 Å². The van der Waals surface area contributed by atoms with E-state index in [9.17, 15) is 0 Å². The van der Waals surface area contributed by atoms with Gasteiger partial charge in [0.05, 0.1) is 6.61 Å². The van der Waals surface area contributed by atoms with Crippen LogP contribution in [0.2, 0.25) is 0 Å². The van der Waals surface area contributed by atoms with E-state index in [4.69, 9.17) is 10.5 Å². The fraction of sp³-hybridized carbons (Fsp3) is 0.538. The van der Waals surface area contributed by atoms with Gasteiger partial charge in [-0.2, -0.15) is 0 Å². The Morgan fingerprint density at radius 2 is 2.20 bits per heavy atom. The molecule has 2 nitrogen and oxygen atoms in total. The van der Waals surface area contributed by atoms with Crippen molar-refractivity contribution in [1.29, 1.82) is 0 Å². The first kappa shape index (κ1) is 10.7. The number of nitrogens with two attached hydrogens (primary N) is 1. The highest BCUT2D eigenvalue weighted by Crippen LogP contribution is 2.43. The number of ether oxygens (including phenoxy) is 1. The van der Waals surface area contributed by atoms with Crippen molar-refractivity contribution in [2.45, 2.75) is 31.2 Å². The Labute approximate surface area is 91.4 Å². The van der Waals surface area contributed by atoms with Gasteiger partial charge < -0.3 is 10.5 Å². The molecule has 15 heavy (non-hydrogen) atoms. The fourth-order valence-electron chi connectivity index (χ4n) is 2.42. The molecule has 1 aromatic carbocycles. The lowest BCUT2D eigenvalue weighted by atomic mass is 9.65. The largest absolute Gasteiger partial charge is 0.384 e. The molecule has 2 heteroatoms. The third-order valence-electron chi connectivity index (χ3n) is 3.51. The third kappa shape index (κ3) is 1.92. The Bertz CT molecular complexity index is 331. The van der Waals surface area contributed by atoms with Crippen molar-refractivity contribution >= 4 is 0 Å². The van der Waals surface area contributed by atoms with E-state index >= 15 is 0 Å². The molecule has 2 rings (SSSR count). The predicted octanol–water partition coefficient (Wildman–Crippen LogP) is 2.21. The Morgan fingerprint density at radius 1 is 1.40 bits per heavy atom. The monoisotopic (exact) mass is 205 g/mol. The second-order valence-corrected chi connectivity index (χ2v) is 4.47. The maximum Gasteiger partial charge on any atom is 0.0559 e. The highest BCUT2D eigenvalue weighted by atomic mass is 16.5. The lowest BCUT2D eigenvalue weighted by Gasteiger charge is -2.42. The zero-order chi connectivity index (χ0) is 10.7. The van der Waals surface area contributed by atoms with Gasteiger partial charge in [-0.15, -0.1) is 0 Å². The van der Waals surface area contributed by atoms with Crippen LogP contribution in [0.4, 0.5) is 0 Å². The fourth-order valence-corrected chi connectivity index (χ4v) is 2.42. The van der Waals surface area contributed by atoms with Gasteiger partial charge in [0.1, 0.15) is 0 Å². The quantitative estimate of drug-likeness (QED) is 0.818. The minimum Gasteiger partial charge on any atom is -0.384 e. The molecule has 2 N–H and O–H groups in total. The van der Waals surface area contributed by atoms with Crippen LogP contribution < -0.4 is 5.73 Å². The average Bonchev–Trinajstić information content (AvgIpc) is 2.23. The van der Waals surface area contributed by atoms with Crippen molar-refractivity contribution in [3.63, 3.8) is 0 Å². The summed E-state index contributed by atoms with van der Waals surface area (Å²) in [4.78, 5) is 0. The van der Waals surface area contributed by atoms with Gasteiger partial charge in [0, 0.05) is 19.1 Å². The smallest absolute Gasteiger partial charge is 0.0559 e. The number of benzene rings is 1. The van der Waals surface area contributed by atoms with Crippen LogP contribution in [0.5, 0.6) is 0 Å². The summed E-state index contributed by atoms with van der Waals surface area (Å²) in [7, 11) is 1.78. The standard InChI is InChI=1S/C13H19NO/c1-15-10-13(6-3-7-13)12-5-2-4-11(8-12)9-14/h2,4-5,8H,3,6-7,9-10,14H2,1H3. The number of hydrogen-bond acceptors (Lipinski definition) is 2. The van der Waals surface area contributed by atoms with E-state index in [0.717, 1.165) is 6.61 Å². The van der Waals surface area contributed by atoms with Crippen molar-refractivity contribution in [2.24, 2.45) is 5.73 Å². The van der Waals surface area contributed by atoms with Crippen LogP contribution in [0.3, 0.4) is 0 Å².